The average Bonchev–Trinajstić information content (AvgIpc) is 3.37. The van der Waals surface area contributed by atoms with Crippen molar-refractivity contribution in [2.45, 2.75) is 13.0 Å². The van der Waals surface area contributed by atoms with Crippen molar-refractivity contribution < 1.29 is 22.7 Å². The summed E-state index contributed by atoms with van der Waals surface area (Å²) in [7, 11) is -3.57. The molecule has 0 spiro atoms. The van der Waals surface area contributed by atoms with E-state index in [2.05, 4.69) is 10.3 Å². The van der Waals surface area contributed by atoms with Crippen LogP contribution in [0.2, 0.25) is 0 Å². The first-order valence-electron chi connectivity index (χ1n) is 11.6. The highest BCUT2D eigenvalue weighted by atomic mass is 32.2. The zero-order valence-electron chi connectivity index (χ0n) is 20.1. The highest BCUT2D eigenvalue weighted by molar-refractivity contribution is 7.92. The second kappa shape index (κ2) is 10.3. The number of aromatic nitrogens is 1. The first kappa shape index (κ1) is 24.3. The molecule has 2 heterocycles. The van der Waals surface area contributed by atoms with Crippen LogP contribution in [-0.4, -0.2) is 32.4 Å². The number of pyridine rings is 1. The molecule has 5 rings (SSSR count). The molecule has 0 atom stereocenters. The van der Waals surface area contributed by atoms with Gasteiger partial charge in [0.2, 0.25) is 16.8 Å². The van der Waals surface area contributed by atoms with E-state index in [1.54, 1.807) is 54.9 Å². The quantitative estimate of drug-likeness (QED) is 0.368. The Labute approximate surface area is 215 Å². The zero-order valence-corrected chi connectivity index (χ0v) is 20.9. The number of hydrogen-bond acceptors (Lipinski definition) is 6. The van der Waals surface area contributed by atoms with Crippen LogP contribution in [-0.2, 0) is 23.0 Å². The van der Waals surface area contributed by atoms with Crippen LogP contribution in [0.15, 0.2) is 91.3 Å². The third-order valence-electron chi connectivity index (χ3n) is 5.96. The summed E-state index contributed by atoms with van der Waals surface area (Å²) in [6.45, 7) is 0.219. The Kier molecular flexibility index (Phi) is 6.78. The molecule has 1 amide bonds. The van der Waals surface area contributed by atoms with E-state index in [9.17, 15) is 13.2 Å². The molecule has 0 aliphatic carbocycles. The number of ether oxygens (including phenoxy) is 2. The van der Waals surface area contributed by atoms with Gasteiger partial charge >= 0.3 is 0 Å². The third kappa shape index (κ3) is 5.90. The predicted octanol–water partition coefficient (Wildman–Crippen LogP) is 4.62. The van der Waals surface area contributed by atoms with Crippen LogP contribution in [0, 0.1) is 0 Å². The van der Waals surface area contributed by atoms with E-state index in [-0.39, 0.29) is 19.2 Å². The average molecular weight is 516 g/mol. The van der Waals surface area contributed by atoms with Crippen molar-refractivity contribution in [3.63, 3.8) is 0 Å². The fourth-order valence-corrected chi connectivity index (χ4v) is 4.89. The lowest BCUT2D eigenvalue weighted by molar-refractivity contribution is 0.102. The molecule has 9 heteroatoms. The number of fused-ring (bicyclic) bond motifs is 1. The van der Waals surface area contributed by atoms with Gasteiger partial charge < -0.3 is 14.8 Å². The normalized spacial score (nSPS) is 12.2. The second-order valence-electron chi connectivity index (χ2n) is 8.69. The molecule has 37 heavy (non-hydrogen) atoms. The topological polar surface area (TPSA) is 97.8 Å². The van der Waals surface area contributed by atoms with E-state index in [1.165, 1.54) is 9.87 Å². The van der Waals surface area contributed by atoms with Gasteiger partial charge in [-0.1, -0.05) is 24.3 Å². The minimum Gasteiger partial charge on any atom is -0.454 e. The molecule has 1 N–H and O–H groups in total. The molecule has 4 aromatic rings. The van der Waals surface area contributed by atoms with E-state index < -0.39 is 10.0 Å². The van der Waals surface area contributed by atoms with E-state index in [1.807, 2.05) is 36.4 Å². The van der Waals surface area contributed by atoms with Crippen molar-refractivity contribution in [2.24, 2.45) is 0 Å². The summed E-state index contributed by atoms with van der Waals surface area (Å²) >= 11 is 0. The second-order valence-corrected chi connectivity index (χ2v) is 10.6. The van der Waals surface area contributed by atoms with Crippen LogP contribution >= 0.6 is 0 Å². The van der Waals surface area contributed by atoms with Gasteiger partial charge in [-0.15, -0.1) is 0 Å². The molecule has 1 aromatic heterocycles. The maximum Gasteiger partial charge on any atom is 0.255 e. The number of nitrogens with zero attached hydrogens (tertiary/aromatic N) is 2. The molecule has 0 bridgehead atoms. The van der Waals surface area contributed by atoms with Gasteiger partial charge in [-0.2, -0.15) is 0 Å². The van der Waals surface area contributed by atoms with Crippen LogP contribution in [0.5, 0.6) is 11.5 Å². The van der Waals surface area contributed by atoms with Crippen LogP contribution in [0.1, 0.15) is 27.0 Å². The highest BCUT2D eigenvalue weighted by Crippen LogP contribution is 2.36. The number of amides is 1. The van der Waals surface area contributed by atoms with Gasteiger partial charge in [-0.3, -0.25) is 14.1 Å². The number of benzene rings is 3. The molecule has 188 valence electrons. The standard InChI is InChI=1S/C28H25N3O5S/c1-37(33,34)31(25-10-11-26-27(17-25)36-19-35-26)18-22-2-6-23(7-3-22)28(32)30-24-8-4-20(5-9-24)16-21-12-14-29-15-13-21/h2-15,17H,16,18-19H2,1H3,(H,30,32). The Morgan fingerprint density at radius 2 is 1.51 bits per heavy atom. The van der Waals surface area contributed by atoms with E-state index in [0.717, 1.165) is 23.8 Å². The number of carbonyl (C=O) groups excluding carboxylic acids is 1. The van der Waals surface area contributed by atoms with Crippen molar-refractivity contribution in [3.8, 4) is 11.5 Å². The zero-order chi connectivity index (χ0) is 25.8. The van der Waals surface area contributed by atoms with Crippen molar-refractivity contribution in [1.82, 2.24) is 4.98 Å². The van der Waals surface area contributed by atoms with Crippen LogP contribution in [0.25, 0.3) is 0 Å². The maximum atomic E-state index is 12.8. The Hall–Kier alpha value is -4.37. The molecule has 1 aliphatic rings. The number of carbonyl (C=O) groups is 1. The van der Waals surface area contributed by atoms with Gasteiger partial charge in [0.25, 0.3) is 5.91 Å². The van der Waals surface area contributed by atoms with Crippen LogP contribution in [0.4, 0.5) is 11.4 Å². The smallest absolute Gasteiger partial charge is 0.255 e. The number of rotatable bonds is 8. The molecule has 0 saturated heterocycles. The number of hydrogen-bond donors (Lipinski definition) is 1. The lowest BCUT2D eigenvalue weighted by Gasteiger charge is -2.23. The summed E-state index contributed by atoms with van der Waals surface area (Å²) in [5.41, 5.74) is 4.67. The van der Waals surface area contributed by atoms with Gasteiger partial charge in [0, 0.05) is 29.7 Å². The molecule has 0 radical (unpaired) electrons. The first-order chi connectivity index (χ1) is 17.8. The SMILES string of the molecule is CS(=O)(=O)N(Cc1ccc(C(=O)Nc2ccc(Cc3ccncc3)cc2)cc1)c1ccc2c(c1)OCO2. The van der Waals surface area contributed by atoms with Gasteiger partial charge in [-0.25, -0.2) is 8.42 Å². The molecule has 3 aromatic carbocycles. The van der Waals surface area contributed by atoms with Gasteiger partial charge in [0.05, 0.1) is 18.5 Å². The fraction of sp³-hybridized carbons (Fsp3) is 0.143. The van der Waals surface area contributed by atoms with E-state index in [0.29, 0.717) is 28.4 Å². The molecule has 0 saturated carbocycles. The van der Waals surface area contributed by atoms with Crippen molar-refractivity contribution >= 4 is 27.3 Å². The summed E-state index contributed by atoms with van der Waals surface area (Å²) in [4.78, 5) is 16.8. The van der Waals surface area contributed by atoms with Gasteiger partial charge in [0.1, 0.15) is 0 Å². The molecule has 8 nitrogen and oxygen atoms in total. The molecule has 1 aliphatic heterocycles. The minimum absolute atomic E-state index is 0.108. The summed E-state index contributed by atoms with van der Waals surface area (Å²) < 4.78 is 37.0. The number of sulfonamides is 1. The van der Waals surface area contributed by atoms with Crippen LogP contribution < -0.4 is 19.1 Å². The summed E-state index contributed by atoms with van der Waals surface area (Å²) in [6.07, 6.45) is 5.48. The van der Waals surface area contributed by atoms with E-state index in [4.69, 9.17) is 9.47 Å². The predicted molar refractivity (Wildman–Crippen MR) is 141 cm³/mol. The summed E-state index contributed by atoms with van der Waals surface area (Å²) in [6, 6.07) is 23.5. The number of anilines is 2. The Morgan fingerprint density at radius 1 is 0.865 bits per heavy atom. The molecule has 0 unspecified atom stereocenters. The number of nitrogens with one attached hydrogen (secondary N) is 1. The first-order valence-corrected chi connectivity index (χ1v) is 13.5. The highest BCUT2D eigenvalue weighted by Gasteiger charge is 2.22. The van der Waals surface area contributed by atoms with Gasteiger partial charge in [0.15, 0.2) is 11.5 Å². The lowest BCUT2D eigenvalue weighted by Crippen LogP contribution is -2.29. The largest absolute Gasteiger partial charge is 0.454 e. The van der Waals surface area contributed by atoms with Crippen molar-refractivity contribution in [1.29, 1.82) is 0 Å². The van der Waals surface area contributed by atoms with Crippen molar-refractivity contribution in [3.05, 3.63) is 114 Å². The Bertz CT molecular complexity index is 1510. The maximum absolute atomic E-state index is 12.8. The summed E-state index contributed by atoms with van der Waals surface area (Å²) in [5, 5.41) is 2.90. The third-order valence-corrected chi connectivity index (χ3v) is 7.10. The fourth-order valence-electron chi connectivity index (χ4n) is 4.01. The van der Waals surface area contributed by atoms with Gasteiger partial charge in [-0.05, 0) is 71.6 Å². The monoisotopic (exact) mass is 515 g/mol. The summed E-state index contributed by atoms with van der Waals surface area (Å²) in [5.74, 6) is 0.837. The van der Waals surface area contributed by atoms with E-state index >= 15 is 0 Å². The minimum atomic E-state index is -3.57. The Balaban J connectivity index is 1.24. The van der Waals surface area contributed by atoms with Crippen LogP contribution in [0.3, 0.4) is 0 Å². The van der Waals surface area contributed by atoms with Crippen molar-refractivity contribution in [2.75, 3.05) is 22.7 Å². The molecular formula is C28H25N3O5S. The molecular weight excluding hydrogens is 490 g/mol. The Morgan fingerprint density at radius 3 is 2.22 bits per heavy atom. The lowest BCUT2D eigenvalue weighted by atomic mass is 10.1. The molecule has 0 fully saturated rings.